The van der Waals surface area contributed by atoms with E-state index in [4.69, 9.17) is 4.99 Å². The summed E-state index contributed by atoms with van der Waals surface area (Å²) >= 11 is 3.55. The van der Waals surface area contributed by atoms with Crippen molar-refractivity contribution in [2.45, 2.75) is 31.2 Å². The summed E-state index contributed by atoms with van der Waals surface area (Å²) in [5, 5.41) is 4.55. The Morgan fingerprint density at radius 2 is 2.11 bits per heavy atom. The molecule has 4 rings (SSSR count). The smallest absolute Gasteiger partial charge is 0.161 e. The van der Waals surface area contributed by atoms with E-state index >= 15 is 0 Å². The number of aromatic nitrogens is 1. The third-order valence-electron chi connectivity index (χ3n) is 3.93. The highest BCUT2D eigenvalue weighted by atomic mass is 32.2. The van der Waals surface area contributed by atoms with Gasteiger partial charge in [0.25, 0.3) is 0 Å². The molecule has 1 aliphatic carbocycles. The van der Waals surface area contributed by atoms with Crippen LogP contribution in [0.2, 0.25) is 0 Å². The molecule has 98 valence electrons. The highest BCUT2D eigenvalue weighted by Crippen LogP contribution is 2.41. The van der Waals surface area contributed by atoms with Gasteiger partial charge in [0, 0.05) is 11.4 Å². The quantitative estimate of drug-likeness (QED) is 0.858. The minimum Gasteiger partial charge on any atom is -0.335 e. The summed E-state index contributed by atoms with van der Waals surface area (Å²) in [6.07, 6.45) is 5.20. The molecule has 0 unspecified atom stereocenters. The number of hydrogen-bond donors (Lipinski definition) is 1. The monoisotopic (exact) mass is 289 g/mol. The van der Waals surface area contributed by atoms with Crippen LogP contribution in [-0.4, -0.2) is 21.4 Å². The number of hydrogen-bond acceptors (Lipinski definition) is 5. The maximum Gasteiger partial charge on any atom is 0.161 e. The summed E-state index contributed by atoms with van der Waals surface area (Å²) in [6.45, 7) is 0. The molecule has 1 saturated carbocycles. The van der Waals surface area contributed by atoms with E-state index in [1.165, 1.54) is 30.4 Å². The van der Waals surface area contributed by atoms with E-state index in [2.05, 4.69) is 28.5 Å². The Labute approximate surface area is 120 Å². The molecule has 0 bridgehead atoms. The molecule has 0 atom stereocenters. The molecular weight excluding hydrogens is 274 g/mol. The van der Waals surface area contributed by atoms with Crippen LogP contribution < -0.4 is 5.32 Å². The predicted octanol–water partition coefficient (Wildman–Crippen LogP) is 4.12. The summed E-state index contributed by atoms with van der Waals surface area (Å²) in [4.78, 5) is 9.24. The van der Waals surface area contributed by atoms with Gasteiger partial charge in [0.15, 0.2) is 5.17 Å². The molecule has 1 aliphatic heterocycles. The maximum atomic E-state index is 4.94. The molecule has 2 aromatic rings. The van der Waals surface area contributed by atoms with Crippen molar-refractivity contribution in [1.82, 2.24) is 4.98 Å². The number of nitrogens with zero attached hydrogens (tertiary/aromatic N) is 2. The van der Waals surface area contributed by atoms with Crippen LogP contribution >= 0.6 is 23.1 Å². The lowest BCUT2D eigenvalue weighted by atomic mass is 10.0. The Morgan fingerprint density at radius 1 is 1.21 bits per heavy atom. The van der Waals surface area contributed by atoms with Gasteiger partial charge < -0.3 is 5.32 Å². The lowest BCUT2D eigenvalue weighted by Gasteiger charge is -2.16. The predicted molar refractivity (Wildman–Crippen MR) is 84.3 cm³/mol. The van der Waals surface area contributed by atoms with Gasteiger partial charge in [-0.2, -0.15) is 0 Å². The molecule has 0 amide bonds. The van der Waals surface area contributed by atoms with E-state index < -0.39 is 0 Å². The lowest BCUT2D eigenvalue weighted by molar-refractivity contribution is 0.508. The Bertz CT molecular complexity index is 641. The van der Waals surface area contributed by atoms with E-state index in [0.29, 0.717) is 0 Å². The standard InChI is InChI=1S/C14H15N3S2/c1-2-6-14(5-1)8-18-13(17-14)16-10-3-4-11-12(7-10)19-9-15-11/h3-4,7,9H,1-2,5-6,8H2,(H,16,17). The molecule has 1 fully saturated rings. The normalized spacial score (nSPS) is 21.2. The third kappa shape index (κ3) is 2.15. The summed E-state index contributed by atoms with van der Waals surface area (Å²) in [5.74, 6) is 1.15. The first-order valence-electron chi connectivity index (χ1n) is 6.66. The fourth-order valence-electron chi connectivity index (χ4n) is 2.89. The van der Waals surface area contributed by atoms with Crippen LogP contribution in [0.5, 0.6) is 0 Å². The molecule has 1 spiro atoms. The molecule has 2 heterocycles. The van der Waals surface area contributed by atoms with Crippen molar-refractivity contribution in [2.24, 2.45) is 4.99 Å². The molecular formula is C14H15N3S2. The Balaban J connectivity index is 1.57. The van der Waals surface area contributed by atoms with Gasteiger partial charge >= 0.3 is 0 Å². The van der Waals surface area contributed by atoms with E-state index in [1.54, 1.807) is 11.3 Å². The average molecular weight is 289 g/mol. The van der Waals surface area contributed by atoms with Gasteiger partial charge in [-0.3, -0.25) is 4.99 Å². The number of anilines is 1. The van der Waals surface area contributed by atoms with E-state index in [0.717, 1.165) is 22.1 Å². The Hall–Kier alpha value is -1.07. The molecule has 5 heteroatoms. The number of nitrogens with one attached hydrogen (secondary N) is 1. The Kier molecular flexibility index (Phi) is 2.77. The zero-order chi connectivity index (χ0) is 12.7. The van der Waals surface area contributed by atoms with Gasteiger partial charge in [-0.1, -0.05) is 24.6 Å². The number of benzene rings is 1. The minimum absolute atomic E-state index is 0.252. The largest absolute Gasteiger partial charge is 0.335 e. The second-order valence-corrected chi connectivity index (χ2v) is 7.15. The summed E-state index contributed by atoms with van der Waals surface area (Å²) in [5.41, 5.74) is 4.34. The molecule has 1 N–H and O–H groups in total. The van der Waals surface area contributed by atoms with Crippen molar-refractivity contribution in [3.8, 4) is 0 Å². The number of amidine groups is 1. The average Bonchev–Trinajstić information content (AvgIpc) is 3.12. The van der Waals surface area contributed by atoms with E-state index in [-0.39, 0.29) is 5.54 Å². The summed E-state index contributed by atoms with van der Waals surface area (Å²) < 4.78 is 1.23. The second kappa shape index (κ2) is 4.49. The van der Waals surface area contributed by atoms with E-state index in [9.17, 15) is 0 Å². The number of thioether (sulfide) groups is 1. The van der Waals surface area contributed by atoms with Gasteiger partial charge in [0.05, 0.1) is 21.3 Å². The third-order valence-corrected chi connectivity index (χ3v) is 5.87. The Morgan fingerprint density at radius 3 is 3.00 bits per heavy atom. The van der Waals surface area contributed by atoms with Crippen LogP contribution in [0, 0.1) is 0 Å². The summed E-state index contributed by atoms with van der Waals surface area (Å²) in [6, 6.07) is 6.32. The zero-order valence-electron chi connectivity index (χ0n) is 10.6. The minimum atomic E-state index is 0.252. The molecule has 0 radical (unpaired) electrons. The van der Waals surface area contributed by atoms with Crippen LogP contribution in [-0.2, 0) is 0 Å². The van der Waals surface area contributed by atoms with Crippen LogP contribution in [0.1, 0.15) is 25.7 Å². The van der Waals surface area contributed by atoms with Gasteiger partial charge in [0.1, 0.15) is 0 Å². The van der Waals surface area contributed by atoms with Crippen molar-refractivity contribution in [1.29, 1.82) is 0 Å². The van der Waals surface area contributed by atoms with Gasteiger partial charge in [-0.25, -0.2) is 4.98 Å². The number of aliphatic imine (C=N–C) groups is 1. The van der Waals surface area contributed by atoms with Gasteiger partial charge in [-0.15, -0.1) is 11.3 Å². The lowest BCUT2D eigenvalue weighted by Crippen LogP contribution is -2.21. The van der Waals surface area contributed by atoms with Crippen molar-refractivity contribution >= 4 is 44.2 Å². The van der Waals surface area contributed by atoms with Crippen molar-refractivity contribution < 1.29 is 0 Å². The molecule has 1 aromatic carbocycles. The topological polar surface area (TPSA) is 37.3 Å². The van der Waals surface area contributed by atoms with Gasteiger partial charge in [-0.05, 0) is 31.0 Å². The molecule has 19 heavy (non-hydrogen) atoms. The number of fused-ring (bicyclic) bond motifs is 1. The molecule has 3 nitrogen and oxygen atoms in total. The van der Waals surface area contributed by atoms with Crippen molar-refractivity contribution in [3.63, 3.8) is 0 Å². The van der Waals surface area contributed by atoms with E-state index in [1.807, 2.05) is 17.3 Å². The highest BCUT2D eigenvalue weighted by molar-refractivity contribution is 8.14. The van der Waals surface area contributed by atoms with Crippen molar-refractivity contribution in [2.75, 3.05) is 11.1 Å². The molecule has 2 aliphatic rings. The first-order valence-corrected chi connectivity index (χ1v) is 8.53. The summed E-state index contributed by atoms with van der Waals surface area (Å²) in [7, 11) is 0. The second-order valence-electron chi connectivity index (χ2n) is 5.30. The fraction of sp³-hybridized carbons (Fsp3) is 0.429. The van der Waals surface area contributed by atoms with Crippen LogP contribution in [0.25, 0.3) is 10.2 Å². The molecule has 1 aromatic heterocycles. The van der Waals surface area contributed by atoms with Crippen LogP contribution in [0.15, 0.2) is 28.7 Å². The maximum absolute atomic E-state index is 4.94. The highest BCUT2D eigenvalue weighted by Gasteiger charge is 2.38. The number of thiazole rings is 1. The molecule has 0 saturated heterocycles. The SMILES string of the molecule is c1nc2ccc(NC3=NC4(CCCC4)CS3)cc2s1. The first kappa shape index (κ1) is 11.7. The zero-order valence-corrected chi connectivity index (χ0v) is 12.2. The number of rotatable bonds is 1. The van der Waals surface area contributed by atoms with Crippen LogP contribution in [0.3, 0.4) is 0 Å². The fourth-order valence-corrected chi connectivity index (χ4v) is 4.82. The van der Waals surface area contributed by atoms with Crippen LogP contribution in [0.4, 0.5) is 5.69 Å². The van der Waals surface area contributed by atoms with Crippen molar-refractivity contribution in [3.05, 3.63) is 23.7 Å². The van der Waals surface area contributed by atoms with Gasteiger partial charge in [0.2, 0.25) is 0 Å². The first-order chi connectivity index (χ1) is 9.33.